The predicted molar refractivity (Wildman–Crippen MR) is 71.6 cm³/mol. The van der Waals surface area contributed by atoms with E-state index >= 15 is 0 Å². The van der Waals surface area contributed by atoms with Crippen LogP contribution in [-0.4, -0.2) is 44.1 Å². The molecule has 100 valence electrons. The number of hydrogen-bond acceptors (Lipinski definition) is 5. The van der Waals surface area contributed by atoms with Crippen LogP contribution in [0.2, 0.25) is 0 Å². The lowest BCUT2D eigenvalue weighted by atomic mass is 9.90. The zero-order valence-electron chi connectivity index (χ0n) is 11.2. The number of carbonyl (C=O) groups excluding carboxylic acids is 1. The van der Waals surface area contributed by atoms with Crippen molar-refractivity contribution in [1.29, 1.82) is 0 Å². The number of nitrogens with one attached hydrogen (secondary N) is 1. The van der Waals surface area contributed by atoms with Crippen molar-refractivity contribution >= 4 is 23.6 Å². The van der Waals surface area contributed by atoms with Crippen molar-refractivity contribution in [2.75, 3.05) is 32.3 Å². The molecule has 0 aromatic heterocycles. The summed E-state index contributed by atoms with van der Waals surface area (Å²) in [5.74, 6) is 0.938. The number of thioether (sulfide) groups is 1. The summed E-state index contributed by atoms with van der Waals surface area (Å²) in [6.45, 7) is 7.03. The van der Waals surface area contributed by atoms with E-state index < -0.39 is 6.09 Å². The summed E-state index contributed by atoms with van der Waals surface area (Å²) in [5.41, 5.74) is 0.523. The maximum Gasteiger partial charge on any atom is 0.433 e. The van der Waals surface area contributed by atoms with E-state index in [-0.39, 0.29) is 5.41 Å². The highest BCUT2D eigenvalue weighted by Gasteiger charge is 2.20. The molecule has 0 fully saturated rings. The Morgan fingerprint density at radius 2 is 2.06 bits per heavy atom. The molecule has 0 bridgehead atoms. The molecular weight excluding hydrogens is 240 g/mol. The third kappa shape index (κ3) is 8.04. The Balaban J connectivity index is 4.29. The van der Waals surface area contributed by atoms with Crippen LogP contribution in [0.1, 0.15) is 20.8 Å². The van der Waals surface area contributed by atoms with Crippen LogP contribution in [0.3, 0.4) is 0 Å². The zero-order valence-corrected chi connectivity index (χ0v) is 12.0. The summed E-state index contributed by atoms with van der Waals surface area (Å²) < 4.78 is 5.47. The molecule has 0 atom stereocenters. The lowest BCUT2D eigenvalue weighted by Gasteiger charge is -2.20. The molecule has 5 nitrogen and oxygen atoms in total. The average Bonchev–Trinajstić information content (AvgIpc) is 2.25. The van der Waals surface area contributed by atoms with Crippen molar-refractivity contribution < 1.29 is 14.4 Å². The second kappa shape index (κ2) is 8.36. The highest BCUT2D eigenvalue weighted by atomic mass is 32.2. The van der Waals surface area contributed by atoms with Crippen LogP contribution in [0.5, 0.6) is 0 Å². The first-order chi connectivity index (χ1) is 7.91. The molecule has 0 aromatic rings. The van der Waals surface area contributed by atoms with E-state index in [2.05, 4.69) is 15.3 Å². The van der Waals surface area contributed by atoms with Crippen LogP contribution >= 0.6 is 11.8 Å². The van der Waals surface area contributed by atoms with Crippen molar-refractivity contribution in [2.45, 2.75) is 20.8 Å². The second-order valence-electron chi connectivity index (χ2n) is 4.46. The van der Waals surface area contributed by atoms with Crippen LogP contribution in [0, 0.1) is 5.41 Å². The number of amides is 1. The molecule has 0 aromatic carbocycles. The molecule has 0 spiro atoms. The van der Waals surface area contributed by atoms with E-state index in [1.807, 2.05) is 27.0 Å². The molecule has 0 rings (SSSR count). The minimum Gasteiger partial charge on any atom is -0.375 e. The number of nitrogens with zero attached hydrogens (tertiary/aromatic N) is 1. The van der Waals surface area contributed by atoms with Gasteiger partial charge in [-0.3, -0.25) is 4.84 Å². The van der Waals surface area contributed by atoms with Gasteiger partial charge < -0.3 is 10.1 Å². The van der Waals surface area contributed by atoms with E-state index in [0.717, 1.165) is 5.75 Å². The standard InChI is InChI=1S/C11H22N2O3S/c1-11(2,3)9(8-15-6-7-17-5)13-16-10(14)12-4/h6-8H2,1-5H3,(H,12,14). The summed E-state index contributed by atoms with van der Waals surface area (Å²) in [5, 5.41) is 6.17. The predicted octanol–water partition coefficient (Wildman–Crippen LogP) is 2.12. The van der Waals surface area contributed by atoms with Gasteiger partial charge >= 0.3 is 6.09 Å². The largest absolute Gasteiger partial charge is 0.433 e. The van der Waals surface area contributed by atoms with Gasteiger partial charge in [0.2, 0.25) is 0 Å². The lowest BCUT2D eigenvalue weighted by molar-refractivity contribution is 0.145. The van der Waals surface area contributed by atoms with Crippen molar-refractivity contribution in [3.63, 3.8) is 0 Å². The quantitative estimate of drug-likeness (QED) is 0.345. The molecule has 0 aliphatic heterocycles. The molecule has 0 radical (unpaired) electrons. The van der Waals surface area contributed by atoms with Gasteiger partial charge in [-0.05, 0) is 6.26 Å². The van der Waals surface area contributed by atoms with Crippen LogP contribution < -0.4 is 5.32 Å². The maximum absolute atomic E-state index is 10.9. The third-order valence-corrected chi connectivity index (χ3v) is 2.55. The first kappa shape index (κ1) is 16.2. The normalized spacial score (nSPS) is 12.4. The van der Waals surface area contributed by atoms with Gasteiger partial charge in [0.05, 0.1) is 18.9 Å². The average molecular weight is 262 g/mol. The molecule has 1 N–H and O–H groups in total. The van der Waals surface area contributed by atoms with Crippen molar-refractivity contribution in [3.8, 4) is 0 Å². The number of hydrogen-bond donors (Lipinski definition) is 1. The molecule has 0 saturated carbocycles. The van der Waals surface area contributed by atoms with E-state index in [9.17, 15) is 4.79 Å². The van der Waals surface area contributed by atoms with Crippen LogP contribution in [0.15, 0.2) is 5.16 Å². The smallest absolute Gasteiger partial charge is 0.375 e. The Labute approximate surface area is 107 Å². The first-order valence-electron chi connectivity index (χ1n) is 5.44. The molecule has 0 saturated heterocycles. The summed E-state index contributed by atoms with van der Waals surface area (Å²) >= 11 is 1.72. The summed E-state index contributed by atoms with van der Waals surface area (Å²) in [7, 11) is 1.49. The van der Waals surface area contributed by atoms with Gasteiger partial charge in [0.15, 0.2) is 0 Å². The van der Waals surface area contributed by atoms with E-state index in [4.69, 9.17) is 4.74 Å². The summed E-state index contributed by atoms with van der Waals surface area (Å²) in [4.78, 5) is 15.6. The Morgan fingerprint density at radius 3 is 2.53 bits per heavy atom. The van der Waals surface area contributed by atoms with Crippen LogP contribution in [0.25, 0.3) is 0 Å². The van der Waals surface area contributed by atoms with Gasteiger partial charge in [0.1, 0.15) is 0 Å². The van der Waals surface area contributed by atoms with Gasteiger partial charge in [0.25, 0.3) is 0 Å². The fourth-order valence-corrected chi connectivity index (χ4v) is 1.12. The maximum atomic E-state index is 10.9. The molecule has 0 unspecified atom stereocenters. The number of carbonyl (C=O) groups is 1. The Bertz CT molecular complexity index is 262. The van der Waals surface area contributed by atoms with E-state index in [1.165, 1.54) is 7.05 Å². The molecular formula is C11H22N2O3S. The third-order valence-electron chi connectivity index (χ3n) is 1.98. The van der Waals surface area contributed by atoms with Gasteiger partial charge in [-0.2, -0.15) is 11.8 Å². The molecule has 0 aliphatic carbocycles. The van der Waals surface area contributed by atoms with Crippen molar-refractivity contribution in [3.05, 3.63) is 0 Å². The van der Waals surface area contributed by atoms with E-state index in [0.29, 0.717) is 18.9 Å². The molecule has 0 aliphatic rings. The van der Waals surface area contributed by atoms with Crippen molar-refractivity contribution in [1.82, 2.24) is 5.32 Å². The zero-order chi connectivity index (χ0) is 13.3. The van der Waals surface area contributed by atoms with Gasteiger partial charge in [0, 0.05) is 18.2 Å². The summed E-state index contributed by atoms with van der Waals surface area (Å²) in [6, 6.07) is 0. The lowest BCUT2D eigenvalue weighted by Crippen LogP contribution is -2.27. The molecule has 0 heterocycles. The molecule has 17 heavy (non-hydrogen) atoms. The summed E-state index contributed by atoms with van der Waals surface area (Å²) in [6.07, 6.45) is 1.45. The Hall–Kier alpha value is -0.750. The topological polar surface area (TPSA) is 59.9 Å². The van der Waals surface area contributed by atoms with Gasteiger partial charge in [-0.15, -0.1) is 0 Å². The number of ether oxygens (including phenoxy) is 1. The Kier molecular flexibility index (Phi) is 7.99. The first-order valence-corrected chi connectivity index (χ1v) is 6.84. The SMILES string of the molecule is CNC(=O)ON=C(COCCSC)C(C)(C)C. The fourth-order valence-electron chi connectivity index (χ4n) is 0.833. The number of oxime groups is 1. The Morgan fingerprint density at radius 1 is 1.41 bits per heavy atom. The number of rotatable bonds is 6. The van der Waals surface area contributed by atoms with Crippen molar-refractivity contribution in [2.24, 2.45) is 10.6 Å². The minimum atomic E-state index is -0.573. The minimum absolute atomic E-state index is 0.187. The second-order valence-corrected chi connectivity index (χ2v) is 5.45. The highest BCUT2D eigenvalue weighted by molar-refractivity contribution is 7.98. The highest BCUT2D eigenvalue weighted by Crippen LogP contribution is 2.16. The molecule has 6 heteroatoms. The fraction of sp³-hybridized carbons (Fsp3) is 0.818. The monoisotopic (exact) mass is 262 g/mol. The molecule has 1 amide bonds. The van der Waals surface area contributed by atoms with E-state index in [1.54, 1.807) is 11.8 Å². The van der Waals surface area contributed by atoms with Gasteiger partial charge in [-0.1, -0.05) is 25.9 Å². The van der Waals surface area contributed by atoms with Crippen LogP contribution in [0.4, 0.5) is 4.79 Å². The van der Waals surface area contributed by atoms with Crippen LogP contribution in [-0.2, 0) is 9.57 Å². The van der Waals surface area contributed by atoms with Gasteiger partial charge in [-0.25, -0.2) is 4.79 Å².